The van der Waals surface area contributed by atoms with Crippen LogP contribution in [0.15, 0.2) is 53.8 Å². The number of rotatable bonds is 6. The van der Waals surface area contributed by atoms with Gasteiger partial charge in [0.05, 0.1) is 18.5 Å². The monoisotopic (exact) mass is 548 g/mol. The largest absolute Gasteiger partial charge is 0.495 e. The normalized spacial score (nSPS) is 14.4. The van der Waals surface area contributed by atoms with E-state index in [1.54, 1.807) is 7.11 Å². The lowest BCUT2D eigenvalue weighted by atomic mass is 10.2. The van der Waals surface area contributed by atoms with Crippen LogP contribution in [0.3, 0.4) is 0 Å². The van der Waals surface area contributed by atoms with Gasteiger partial charge in [0.2, 0.25) is 0 Å². The van der Waals surface area contributed by atoms with Crippen molar-refractivity contribution in [2.24, 2.45) is 4.99 Å². The second-order valence-corrected chi connectivity index (χ2v) is 7.79. The SMILES string of the molecule is CCNC(=NCCc1cn2cccc(C)c2n1)N1CCN(c2ccccc2OC)CC1.I. The van der Waals surface area contributed by atoms with Gasteiger partial charge in [0.1, 0.15) is 11.4 Å². The van der Waals surface area contributed by atoms with Gasteiger partial charge >= 0.3 is 0 Å². The third-order valence-electron chi connectivity index (χ3n) is 5.70. The first-order valence-corrected chi connectivity index (χ1v) is 11.0. The molecule has 1 aliphatic rings. The van der Waals surface area contributed by atoms with E-state index in [9.17, 15) is 0 Å². The second kappa shape index (κ2) is 11.4. The van der Waals surface area contributed by atoms with Crippen molar-refractivity contribution in [3.8, 4) is 5.75 Å². The van der Waals surface area contributed by atoms with E-state index in [0.717, 1.165) is 74.4 Å². The number of halogens is 1. The van der Waals surface area contributed by atoms with E-state index in [1.807, 2.05) is 18.3 Å². The molecule has 0 unspecified atom stereocenters. The number of aliphatic imine (C=N–C) groups is 1. The fourth-order valence-electron chi connectivity index (χ4n) is 4.08. The number of aromatic nitrogens is 2. The number of hydrogen-bond acceptors (Lipinski definition) is 4. The molecule has 1 aliphatic heterocycles. The van der Waals surface area contributed by atoms with E-state index < -0.39 is 0 Å². The Bertz CT molecular complexity index is 1040. The minimum Gasteiger partial charge on any atom is -0.495 e. The molecule has 3 aromatic rings. The number of piperazine rings is 1. The van der Waals surface area contributed by atoms with Gasteiger partial charge in [-0.15, -0.1) is 24.0 Å². The van der Waals surface area contributed by atoms with Gasteiger partial charge in [0.25, 0.3) is 0 Å². The molecule has 8 heteroatoms. The lowest BCUT2D eigenvalue weighted by Gasteiger charge is -2.38. The molecule has 0 atom stereocenters. The summed E-state index contributed by atoms with van der Waals surface area (Å²) in [4.78, 5) is 14.4. The van der Waals surface area contributed by atoms with Crippen LogP contribution >= 0.6 is 24.0 Å². The van der Waals surface area contributed by atoms with Crippen LogP contribution in [0.1, 0.15) is 18.2 Å². The van der Waals surface area contributed by atoms with Crippen molar-refractivity contribution in [3.63, 3.8) is 0 Å². The molecule has 0 amide bonds. The van der Waals surface area contributed by atoms with E-state index in [2.05, 4.69) is 63.8 Å². The molecule has 2 aromatic heterocycles. The number of anilines is 1. The van der Waals surface area contributed by atoms with Crippen LogP contribution in [0.25, 0.3) is 5.65 Å². The highest BCUT2D eigenvalue weighted by atomic mass is 127. The standard InChI is InChI=1S/C24H32N6O.HI/c1-4-25-24(26-12-11-20-18-30-13-7-8-19(2)23(30)27-20)29-16-14-28(15-17-29)21-9-5-6-10-22(21)31-3;/h5-10,13,18H,4,11-12,14-17H2,1-3H3,(H,25,26);1H. The van der Waals surface area contributed by atoms with Crippen LogP contribution < -0.4 is 15.0 Å². The summed E-state index contributed by atoms with van der Waals surface area (Å²) in [7, 11) is 1.73. The quantitative estimate of drug-likeness (QED) is 0.290. The Kier molecular flexibility index (Phi) is 8.60. The van der Waals surface area contributed by atoms with Crippen LogP contribution in [-0.2, 0) is 6.42 Å². The maximum absolute atomic E-state index is 5.54. The predicted molar refractivity (Wildman–Crippen MR) is 142 cm³/mol. The average molecular weight is 548 g/mol. The molecule has 0 aliphatic carbocycles. The maximum Gasteiger partial charge on any atom is 0.194 e. The van der Waals surface area contributed by atoms with Crippen molar-refractivity contribution >= 4 is 41.3 Å². The number of benzene rings is 1. The minimum absolute atomic E-state index is 0. The zero-order valence-corrected chi connectivity index (χ0v) is 21.5. The van der Waals surface area contributed by atoms with E-state index in [4.69, 9.17) is 14.7 Å². The first kappa shape index (κ1) is 24.2. The molecule has 7 nitrogen and oxygen atoms in total. The van der Waals surface area contributed by atoms with Gasteiger partial charge in [0.15, 0.2) is 5.96 Å². The molecule has 0 spiro atoms. The smallest absolute Gasteiger partial charge is 0.194 e. The van der Waals surface area contributed by atoms with Gasteiger partial charge in [-0.1, -0.05) is 18.2 Å². The zero-order chi connectivity index (χ0) is 21.6. The molecule has 0 radical (unpaired) electrons. The molecule has 1 aromatic carbocycles. The van der Waals surface area contributed by atoms with E-state index in [-0.39, 0.29) is 24.0 Å². The van der Waals surface area contributed by atoms with Crippen LogP contribution in [0, 0.1) is 6.92 Å². The summed E-state index contributed by atoms with van der Waals surface area (Å²) >= 11 is 0. The first-order chi connectivity index (χ1) is 15.2. The minimum atomic E-state index is 0. The highest BCUT2D eigenvalue weighted by Gasteiger charge is 2.21. The van der Waals surface area contributed by atoms with Crippen molar-refractivity contribution in [3.05, 3.63) is 60.0 Å². The number of para-hydroxylation sites is 2. The number of guanidine groups is 1. The van der Waals surface area contributed by atoms with Gasteiger partial charge in [-0.25, -0.2) is 4.98 Å². The van der Waals surface area contributed by atoms with Crippen LogP contribution in [-0.4, -0.2) is 66.6 Å². The third kappa shape index (κ3) is 5.46. The van der Waals surface area contributed by atoms with Crippen LogP contribution in [0.2, 0.25) is 0 Å². The van der Waals surface area contributed by atoms with Gasteiger partial charge < -0.3 is 24.3 Å². The molecule has 172 valence electrons. The van der Waals surface area contributed by atoms with Gasteiger partial charge in [-0.3, -0.25) is 4.99 Å². The Hall–Kier alpha value is -2.49. The maximum atomic E-state index is 5.54. The Morgan fingerprint density at radius 1 is 1.12 bits per heavy atom. The predicted octanol–water partition coefficient (Wildman–Crippen LogP) is 3.60. The van der Waals surface area contributed by atoms with Crippen LogP contribution in [0.5, 0.6) is 5.75 Å². The fourth-order valence-corrected chi connectivity index (χ4v) is 4.08. The zero-order valence-electron chi connectivity index (χ0n) is 19.1. The summed E-state index contributed by atoms with van der Waals surface area (Å²) in [5.74, 6) is 1.92. The number of aryl methyl sites for hydroxylation is 1. The van der Waals surface area contributed by atoms with Gasteiger partial charge in [0, 0.05) is 58.1 Å². The number of fused-ring (bicyclic) bond motifs is 1. The van der Waals surface area contributed by atoms with E-state index in [1.165, 1.54) is 5.56 Å². The second-order valence-electron chi connectivity index (χ2n) is 7.79. The summed E-state index contributed by atoms with van der Waals surface area (Å²) in [6, 6.07) is 12.4. The molecule has 1 fully saturated rings. The Labute approximate surface area is 207 Å². The van der Waals surface area contributed by atoms with E-state index in [0.29, 0.717) is 0 Å². The summed E-state index contributed by atoms with van der Waals surface area (Å²) < 4.78 is 7.63. The molecule has 1 N–H and O–H groups in total. The topological polar surface area (TPSA) is 57.4 Å². The third-order valence-corrected chi connectivity index (χ3v) is 5.70. The van der Waals surface area contributed by atoms with Crippen molar-refractivity contribution in [2.75, 3.05) is 51.3 Å². The molecule has 3 heterocycles. The lowest BCUT2D eigenvalue weighted by molar-refractivity contribution is 0.367. The molecular formula is C24H33IN6O. The van der Waals surface area contributed by atoms with Crippen molar-refractivity contribution < 1.29 is 4.74 Å². The molecular weight excluding hydrogens is 515 g/mol. The number of ether oxygens (including phenoxy) is 1. The highest BCUT2D eigenvalue weighted by Crippen LogP contribution is 2.28. The fraction of sp³-hybridized carbons (Fsp3) is 0.417. The van der Waals surface area contributed by atoms with E-state index >= 15 is 0 Å². The Morgan fingerprint density at radius 2 is 1.91 bits per heavy atom. The van der Waals surface area contributed by atoms with Gasteiger partial charge in [-0.2, -0.15) is 0 Å². The molecule has 32 heavy (non-hydrogen) atoms. The summed E-state index contributed by atoms with van der Waals surface area (Å²) in [6.45, 7) is 9.53. The molecule has 0 bridgehead atoms. The number of imidazole rings is 1. The Morgan fingerprint density at radius 3 is 2.62 bits per heavy atom. The van der Waals surface area contributed by atoms with Crippen LogP contribution in [0.4, 0.5) is 5.69 Å². The van der Waals surface area contributed by atoms with Crippen molar-refractivity contribution in [1.29, 1.82) is 0 Å². The number of hydrogen-bond donors (Lipinski definition) is 1. The number of nitrogens with zero attached hydrogens (tertiary/aromatic N) is 5. The molecule has 0 saturated carbocycles. The summed E-state index contributed by atoms with van der Waals surface area (Å²) in [5, 5.41) is 3.46. The summed E-state index contributed by atoms with van der Waals surface area (Å²) in [5.41, 5.74) is 4.46. The van der Waals surface area contributed by atoms with Crippen molar-refractivity contribution in [2.45, 2.75) is 20.3 Å². The Balaban J connectivity index is 0.00000289. The summed E-state index contributed by atoms with van der Waals surface area (Å²) in [6.07, 6.45) is 4.99. The first-order valence-electron chi connectivity index (χ1n) is 11.0. The number of nitrogens with one attached hydrogen (secondary N) is 1. The van der Waals surface area contributed by atoms with Gasteiger partial charge in [-0.05, 0) is 37.6 Å². The highest BCUT2D eigenvalue weighted by molar-refractivity contribution is 14.0. The lowest BCUT2D eigenvalue weighted by Crippen LogP contribution is -2.52. The number of pyridine rings is 1. The molecule has 4 rings (SSSR count). The number of methoxy groups -OCH3 is 1. The van der Waals surface area contributed by atoms with Crippen molar-refractivity contribution in [1.82, 2.24) is 19.6 Å². The average Bonchev–Trinajstić information content (AvgIpc) is 3.23. The molecule has 1 saturated heterocycles.